The normalized spacial score (nSPS) is 20.3. The van der Waals surface area contributed by atoms with Crippen molar-refractivity contribution in [2.45, 2.75) is 0 Å². The lowest BCUT2D eigenvalue weighted by molar-refractivity contribution is -0.140. The molecule has 3 heterocycles. The molecule has 1 aromatic heterocycles. The molecular weight excluding hydrogens is 266 g/mol. The summed E-state index contributed by atoms with van der Waals surface area (Å²) < 4.78 is 5.26. The Labute approximate surface area is 117 Å². The van der Waals surface area contributed by atoms with Crippen molar-refractivity contribution in [1.82, 2.24) is 9.88 Å². The molecule has 0 aliphatic carbocycles. The Morgan fingerprint density at radius 2 is 2.11 bits per heavy atom. The monoisotopic (exact) mass is 281 g/mol. The summed E-state index contributed by atoms with van der Waals surface area (Å²) in [5, 5.41) is 0.639. The highest BCUT2D eigenvalue weighted by atomic mass is 35.5. The van der Waals surface area contributed by atoms with Gasteiger partial charge < -0.3 is 14.5 Å². The van der Waals surface area contributed by atoms with E-state index in [2.05, 4.69) is 9.88 Å². The maximum absolute atomic E-state index is 12.2. The molecular formula is C13H16ClN3O2. The first-order chi connectivity index (χ1) is 9.25. The van der Waals surface area contributed by atoms with Crippen molar-refractivity contribution in [2.24, 2.45) is 5.92 Å². The van der Waals surface area contributed by atoms with E-state index in [0.717, 1.165) is 18.8 Å². The van der Waals surface area contributed by atoms with Gasteiger partial charge in [0.05, 0.1) is 29.8 Å². The SMILES string of the molecule is O=C(C1CN(c2ccncc2Cl)C1)N1CCOCC1. The van der Waals surface area contributed by atoms with Gasteiger partial charge in [-0.3, -0.25) is 9.78 Å². The number of carbonyl (C=O) groups is 1. The van der Waals surface area contributed by atoms with Gasteiger partial charge in [-0.15, -0.1) is 0 Å². The Morgan fingerprint density at radius 1 is 1.37 bits per heavy atom. The minimum Gasteiger partial charge on any atom is -0.378 e. The number of amides is 1. The number of hydrogen-bond acceptors (Lipinski definition) is 4. The quantitative estimate of drug-likeness (QED) is 0.812. The second-order valence-corrected chi connectivity index (χ2v) is 5.27. The molecule has 5 nitrogen and oxygen atoms in total. The van der Waals surface area contributed by atoms with Gasteiger partial charge in [0.15, 0.2) is 0 Å². The molecule has 2 fully saturated rings. The van der Waals surface area contributed by atoms with Crippen LogP contribution in [0.3, 0.4) is 0 Å². The van der Waals surface area contributed by atoms with E-state index in [1.165, 1.54) is 0 Å². The van der Waals surface area contributed by atoms with E-state index in [-0.39, 0.29) is 11.8 Å². The minimum absolute atomic E-state index is 0.0855. The maximum Gasteiger partial charge on any atom is 0.229 e. The van der Waals surface area contributed by atoms with Crippen LogP contribution in [-0.4, -0.2) is 55.2 Å². The number of carbonyl (C=O) groups excluding carboxylic acids is 1. The summed E-state index contributed by atoms with van der Waals surface area (Å²) in [5.41, 5.74) is 0.961. The van der Waals surface area contributed by atoms with Gasteiger partial charge in [0, 0.05) is 38.6 Å². The van der Waals surface area contributed by atoms with Crippen molar-refractivity contribution in [3.05, 3.63) is 23.5 Å². The Balaban J connectivity index is 1.57. The molecule has 2 aliphatic rings. The number of ether oxygens (including phenoxy) is 1. The van der Waals surface area contributed by atoms with Crippen LogP contribution in [-0.2, 0) is 9.53 Å². The number of aromatic nitrogens is 1. The number of halogens is 1. The summed E-state index contributed by atoms with van der Waals surface area (Å²) in [7, 11) is 0. The van der Waals surface area contributed by atoms with E-state index >= 15 is 0 Å². The second-order valence-electron chi connectivity index (χ2n) is 4.87. The van der Waals surface area contributed by atoms with Gasteiger partial charge >= 0.3 is 0 Å². The van der Waals surface area contributed by atoms with Gasteiger partial charge in [0.25, 0.3) is 0 Å². The second kappa shape index (κ2) is 5.35. The van der Waals surface area contributed by atoms with E-state index in [9.17, 15) is 4.79 Å². The van der Waals surface area contributed by atoms with Gasteiger partial charge in [0.1, 0.15) is 0 Å². The first-order valence-corrected chi connectivity index (χ1v) is 6.84. The molecule has 3 rings (SSSR count). The van der Waals surface area contributed by atoms with Crippen molar-refractivity contribution < 1.29 is 9.53 Å². The first-order valence-electron chi connectivity index (χ1n) is 6.46. The maximum atomic E-state index is 12.2. The topological polar surface area (TPSA) is 45.7 Å². The smallest absolute Gasteiger partial charge is 0.229 e. The summed E-state index contributed by atoms with van der Waals surface area (Å²) >= 11 is 6.09. The molecule has 0 aromatic carbocycles. The molecule has 1 aromatic rings. The Kier molecular flexibility index (Phi) is 3.57. The molecule has 0 bridgehead atoms. The molecule has 0 spiro atoms. The van der Waals surface area contributed by atoms with Gasteiger partial charge in [-0.1, -0.05) is 11.6 Å². The summed E-state index contributed by atoms with van der Waals surface area (Å²) in [6.07, 6.45) is 3.35. The molecule has 2 saturated heterocycles. The van der Waals surface area contributed by atoms with E-state index in [1.54, 1.807) is 12.4 Å². The van der Waals surface area contributed by atoms with Gasteiger partial charge in [0.2, 0.25) is 5.91 Å². The van der Waals surface area contributed by atoms with Crippen molar-refractivity contribution in [1.29, 1.82) is 0 Å². The lowest BCUT2D eigenvalue weighted by Crippen LogP contribution is -2.56. The predicted octanol–water partition coefficient (Wildman–Crippen LogP) is 1.03. The van der Waals surface area contributed by atoms with Crippen LogP contribution in [0.2, 0.25) is 5.02 Å². The van der Waals surface area contributed by atoms with E-state index < -0.39 is 0 Å². The Morgan fingerprint density at radius 3 is 2.79 bits per heavy atom. The fourth-order valence-corrected chi connectivity index (χ4v) is 2.74. The van der Waals surface area contributed by atoms with E-state index in [4.69, 9.17) is 16.3 Å². The van der Waals surface area contributed by atoms with Crippen molar-refractivity contribution in [2.75, 3.05) is 44.3 Å². The number of nitrogens with zero attached hydrogens (tertiary/aromatic N) is 3. The van der Waals surface area contributed by atoms with Crippen LogP contribution in [0.1, 0.15) is 0 Å². The van der Waals surface area contributed by atoms with Gasteiger partial charge in [-0.25, -0.2) is 0 Å². The van der Waals surface area contributed by atoms with E-state index in [1.807, 2.05) is 11.0 Å². The average molecular weight is 282 g/mol. The van der Waals surface area contributed by atoms with Gasteiger partial charge in [-0.2, -0.15) is 0 Å². The highest BCUT2D eigenvalue weighted by Crippen LogP contribution is 2.31. The minimum atomic E-state index is 0.0855. The number of hydrogen-bond donors (Lipinski definition) is 0. The fourth-order valence-electron chi connectivity index (χ4n) is 2.50. The zero-order chi connectivity index (χ0) is 13.2. The fraction of sp³-hybridized carbons (Fsp3) is 0.538. The zero-order valence-electron chi connectivity index (χ0n) is 10.6. The largest absolute Gasteiger partial charge is 0.378 e. The van der Waals surface area contributed by atoms with Crippen LogP contribution in [0.15, 0.2) is 18.5 Å². The third-order valence-corrected chi connectivity index (χ3v) is 3.94. The molecule has 1 amide bonds. The highest BCUT2D eigenvalue weighted by molar-refractivity contribution is 6.33. The summed E-state index contributed by atoms with van der Waals surface area (Å²) in [5.74, 6) is 0.326. The molecule has 102 valence electrons. The third kappa shape index (κ3) is 2.53. The number of morpholine rings is 1. The van der Waals surface area contributed by atoms with Crippen LogP contribution < -0.4 is 4.90 Å². The standard InChI is InChI=1S/C13H16ClN3O2/c14-11-7-15-2-1-12(11)17-8-10(9-17)13(18)16-3-5-19-6-4-16/h1-2,7,10H,3-6,8-9H2. The summed E-state index contributed by atoms with van der Waals surface area (Å²) in [6, 6.07) is 1.89. The Bertz CT molecular complexity index is 471. The molecule has 2 aliphatic heterocycles. The first kappa shape index (κ1) is 12.7. The van der Waals surface area contributed by atoms with Crippen molar-refractivity contribution >= 4 is 23.2 Å². The molecule has 0 N–H and O–H groups in total. The van der Waals surface area contributed by atoms with Crippen LogP contribution in [0, 0.1) is 5.92 Å². The lowest BCUT2D eigenvalue weighted by atomic mass is 9.97. The molecule has 0 radical (unpaired) electrons. The molecule has 19 heavy (non-hydrogen) atoms. The van der Waals surface area contributed by atoms with Crippen LogP contribution >= 0.6 is 11.6 Å². The Hall–Kier alpha value is -1.33. The average Bonchev–Trinajstić information content (AvgIpc) is 2.40. The lowest BCUT2D eigenvalue weighted by Gasteiger charge is -2.42. The van der Waals surface area contributed by atoms with Crippen LogP contribution in [0.5, 0.6) is 0 Å². The molecule has 0 saturated carbocycles. The van der Waals surface area contributed by atoms with Crippen molar-refractivity contribution in [3.63, 3.8) is 0 Å². The number of pyridine rings is 1. The highest BCUT2D eigenvalue weighted by Gasteiger charge is 2.36. The third-order valence-electron chi connectivity index (χ3n) is 3.65. The zero-order valence-corrected chi connectivity index (χ0v) is 11.3. The van der Waals surface area contributed by atoms with E-state index in [0.29, 0.717) is 31.3 Å². The summed E-state index contributed by atoms with van der Waals surface area (Å²) in [6.45, 7) is 4.20. The van der Waals surface area contributed by atoms with Crippen LogP contribution in [0.4, 0.5) is 5.69 Å². The van der Waals surface area contributed by atoms with Crippen molar-refractivity contribution in [3.8, 4) is 0 Å². The van der Waals surface area contributed by atoms with Gasteiger partial charge in [-0.05, 0) is 6.07 Å². The molecule has 6 heteroatoms. The number of rotatable bonds is 2. The number of anilines is 1. The molecule has 0 unspecified atom stereocenters. The summed E-state index contributed by atoms with van der Waals surface area (Å²) in [4.78, 5) is 20.2. The predicted molar refractivity (Wildman–Crippen MR) is 72.3 cm³/mol. The van der Waals surface area contributed by atoms with Crippen LogP contribution in [0.25, 0.3) is 0 Å². The molecule has 0 atom stereocenters.